The zero-order chi connectivity index (χ0) is 24.3. The molecule has 0 fully saturated rings. The van der Waals surface area contributed by atoms with Gasteiger partial charge >= 0.3 is 0 Å². The van der Waals surface area contributed by atoms with E-state index >= 15 is 0 Å². The lowest BCUT2D eigenvalue weighted by Crippen LogP contribution is -2.28. The van der Waals surface area contributed by atoms with Crippen LogP contribution in [0.3, 0.4) is 0 Å². The summed E-state index contributed by atoms with van der Waals surface area (Å²) in [5, 5.41) is 2.99. The van der Waals surface area contributed by atoms with Crippen molar-refractivity contribution in [1.82, 2.24) is 14.9 Å². The standard InChI is InChI=1S/C28H37N3O3/c1-5-11-22-15-16-25(26(20-22)33-4)34-19-9-8-18-31-24-13-7-6-12-23(24)30-27(31)14-10-17-29-28(32)21(2)3/h5-7,12-13,15-16,20-21H,1,8-11,14,17-19H2,2-4H3,(H,29,32). The summed E-state index contributed by atoms with van der Waals surface area (Å²) in [4.78, 5) is 16.7. The second-order valence-electron chi connectivity index (χ2n) is 8.75. The first-order chi connectivity index (χ1) is 16.5. The Bertz CT molecular complexity index is 1090. The minimum Gasteiger partial charge on any atom is -0.493 e. The molecule has 0 aliphatic heterocycles. The molecule has 2 aromatic carbocycles. The molecule has 3 rings (SSSR count). The minimum absolute atomic E-state index is 0.0110. The topological polar surface area (TPSA) is 65.4 Å². The summed E-state index contributed by atoms with van der Waals surface area (Å²) in [5.74, 6) is 2.71. The molecule has 0 spiro atoms. The second-order valence-corrected chi connectivity index (χ2v) is 8.75. The number of amides is 1. The quantitative estimate of drug-likeness (QED) is 0.259. The minimum atomic E-state index is 0.0110. The molecular formula is C28H37N3O3. The Balaban J connectivity index is 1.54. The average molecular weight is 464 g/mol. The molecule has 1 aromatic heterocycles. The van der Waals surface area contributed by atoms with E-state index in [4.69, 9.17) is 14.5 Å². The molecule has 0 radical (unpaired) electrons. The molecule has 34 heavy (non-hydrogen) atoms. The first kappa shape index (κ1) is 25.3. The van der Waals surface area contributed by atoms with Gasteiger partial charge in [-0.15, -0.1) is 6.58 Å². The monoisotopic (exact) mass is 463 g/mol. The largest absolute Gasteiger partial charge is 0.493 e. The van der Waals surface area contributed by atoms with Crippen LogP contribution in [0.25, 0.3) is 11.0 Å². The summed E-state index contributed by atoms with van der Waals surface area (Å²) in [5.41, 5.74) is 3.33. The van der Waals surface area contributed by atoms with Crippen molar-refractivity contribution >= 4 is 16.9 Å². The maximum atomic E-state index is 11.8. The molecule has 1 amide bonds. The van der Waals surface area contributed by atoms with E-state index in [9.17, 15) is 4.79 Å². The predicted molar refractivity (Wildman–Crippen MR) is 138 cm³/mol. The highest BCUT2D eigenvalue weighted by Gasteiger charge is 2.11. The second kappa shape index (κ2) is 12.8. The summed E-state index contributed by atoms with van der Waals surface area (Å²) in [6.07, 6.45) is 6.29. The number of hydrogen-bond donors (Lipinski definition) is 1. The molecule has 0 aliphatic rings. The Morgan fingerprint density at radius 1 is 1.15 bits per heavy atom. The molecule has 0 atom stereocenters. The van der Waals surface area contributed by atoms with Gasteiger partial charge in [0.25, 0.3) is 0 Å². The maximum absolute atomic E-state index is 11.8. The zero-order valence-corrected chi connectivity index (χ0v) is 20.7. The number of allylic oxidation sites excluding steroid dienone is 1. The van der Waals surface area contributed by atoms with E-state index < -0.39 is 0 Å². The van der Waals surface area contributed by atoms with Crippen molar-refractivity contribution in [2.75, 3.05) is 20.3 Å². The highest BCUT2D eigenvalue weighted by molar-refractivity contribution is 5.77. The maximum Gasteiger partial charge on any atom is 0.222 e. The van der Waals surface area contributed by atoms with Gasteiger partial charge in [-0.2, -0.15) is 0 Å². The van der Waals surface area contributed by atoms with Gasteiger partial charge in [-0.05, 0) is 55.5 Å². The number of nitrogens with one attached hydrogen (secondary N) is 1. The molecule has 6 heteroatoms. The van der Waals surface area contributed by atoms with E-state index in [-0.39, 0.29) is 11.8 Å². The number of nitrogens with zero attached hydrogens (tertiary/aromatic N) is 2. The lowest BCUT2D eigenvalue weighted by atomic mass is 10.1. The van der Waals surface area contributed by atoms with E-state index in [1.807, 2.05) is 44.2 Å². The number of hydrogen-bond acceptors (Lipinski definition) is 4. The third kappa shape index (κ3) is 6.86. The number of rotatable bonds is 14. The fourth-order valence-corrected chi connectivity index (χ4v) is 3.91. The van der Waals surface area contributed by atoms with Crippen LogP contribution >= 0.6 is 0 Å². The number of benzene rings is 2. The number of carbonyl (C=O) groups excluding carboxylic acids is 1. The van der Waals surface area contributed by atoms with Gasteiger partial charge in [0, 0.05) is 25.4 Å². The van der Waals surface area contributed by atoms with Crippen molar-refractivity contribution in [2.24, 2.45) is 5.92 Å². The lowest BCUT2D eigenvalue weighted by Gasteiger charge is -2.13. The Labute approximate surface area is 203 Å². The van der Waals surface area contributed by atoms with Crippen molar-refractivity contribution < 1.29 is 14.3 Å². The zero-order valence-electron chi connectivity index (χ0n) is 20.7. The predicted octanol–water partition coefficient (Wildman–Crippen LogP) is 5.34. The number of methoxy groups -OCH3 is 1. The first-order valence-electron chi connectivity index (χ1n) is 12.2. The smallest absolute Gasteiger partial charge is 0.222 e. The van der Waals surface area contributed by atoms with Gasteiger partial charge in [0.2, 0.25) is 5.91 Å². The van der Waals surface area contributed by atoms with E-state index in [0.717, 1.165) is 72.6 Å². The molecule has 6 nitrogen and oxygen atoms in total. The van der Waals surface area contributed by atoms with Crippen LogP contribution in [0.5, 0.6) is 11.5 Å². The van der Waals surface area contributed by atoms with Gasteiger partial charge in [-0.1, -0.05) is 38.1 Å². The van der Waals surface area contributed by atoms with Crippen LogP contribution in [0, 0.1) is 5.92 Å². The molecule has 3 aromatic rings. The number of ether oxygens (including phenoxy) is 2. The summed E-state index contributed by atoms with van der Waals surface area (Å²) < 4.78 is 13.8. The molecule has 0 saturated heterocycles. The van der Waals surface area contributed by atoms with Crippen LogP contribution in [0.1, 0.15) is 44.5 Å². The molecule has 0 unspecified atom stereocenters. The van der Waals surface area contributed by atoms with Gasteiger partial charge in [0.15, 0.2) is 11.5 Å². The Kier molecular flexibility index (Phi) is 9.56. The SMILES string of the molecule is C=CCc1ccc(OCCCCn2c(CCCNC(=O)C(C)C)nc3ccccc32)c(OC)c1. The summed E-state index contributed by atoms with van der Waals surface area (Å²) in [6.45, 7) is 9.78. The number of aromatic nitrogens is 2. The molecule has 0 bridgehead atoms. The summed E-state index contributed by atoms with van der Waals surface area (Å²) in [7, 11) is 1.67. The van der Waals surface area contributed by atoms with Crippen LogP contribution < -0.4 is 14.8 Å². The van der Waals surface area contributed by atoms with Crippen LogP contribution in [0.2, 0.25) is 0 Å². The Morgan fingerprint density at radius 2 is 1.97 bits per heavy atom. The molecular weight excluding hydrogens is 426 g/mol. The van der Waals surface area contributed by atoms with Gasteiger partial charge in [-0.25, -0.2) is 4.98 Å². The Hall–Kier alpha value is -3.28. The number of aryl methyl sites for hydroxylation is 2. The fourth-order valence-electron chi connectivity index (χ4n) is 3.91. The van der Waals surface area contributed by atoms with Crippen molar-refractivity contribution in [3.63, 3.8) is 0 Å². The highest BCUT2D eigenvalue weighted by atomic mass is 16.5. The van der Waals surface area contributed by atoms with Crippen LogP contribution in [-0.4, -0.2) is 35.7 Å². The summed E-state index contributed by atoms with van der Waals surface area (Å²) in [6, 6.07) is 14.3. The number of carbonyl (C=O) groups is 1. The fraction of sp³-hybridized carbons (Fsp3) is 0.429. The molecule has 1 N–H and O–H groups in total. The van der Waals surface area contributed by atoms with Crippen LogP contribution in [0.15, 0.2) is 55.1 Å². The Morgan fingerprint density at radius 3 is 2.74 bits per heavy atom. The molecule has 0 saturated carbocycles. The third-order valence-electron chi connectivity index (χ3n) is 5.78. The van der Waals surface area contributed by atoms with Crippen LogP contribution in [-0.2, 0) is 24.2 Å². The molecule has 1 heterocycles. The van der Waals surface area contributed by atoms with E-state index in [0.29, 0.717) is 13.2 Å². The van der Waals surface area contributed by atoms with E-state index in [2.05, 4.69) is 34.7 Å². The third-order valence-corrected chi connectivity index (χ3v) is 5.78. The van der Waals surface area contributed by atoms with Crippen molar-refractivity contribution in [1.29, 1.82) is 0 Å². The van der Waals surface area contributed by atoms with Crippen LogP contribution in [0.4, 0.5) is 0 Å². The van der Waals surface area contributed by atoms with Crippen molar-refractivity contribution in [3.05, 3.63) is 66.5 Å². The number of imidazole rings is 1. The molecule has 0 aliphatic carbocycles. The van der Waals surface area contributed by atoms with Gasteiger partial charge in [0.1, 0.15) is 5.82 Å². The van der Waals surface area contributed by atoms with Gasteiger partial charge in [-0.3, -0.25) is 4.79 Å². The highest BCUT2D eigenvalue weighted by Crippen LogP contribution is 2.28. The first-order valence-corrected chi connectivity index (χ1v) is 12.2. The average Bonchev–Trinajstić information content (AvgIpc) is 3.19. The van der Waals surface area contributed by atoms with Gasteiger partial charge < -0.3 is 19.4 Å². The normalized spacial score (nSPS) is 11.1. The summed E-state index contributed by atoms with van der Waals surface area (Å²) >= 11 is 0. The van der Waals surface area contributed by atoms with Crippen molar-refractivity contribution in [3.8, 4) is 11.5 Å². The lowest BCUT2D eigenvalue weighted by molar-refractivity contribution is -0.123. The van der Waals surface area contributed by atoms with Gasteiger partial charge in [0.05, 0.1) is 24.8 Å². The number of unbranched alkanes of at least 4 members (excludes halogenated alkanes) is 1. The van der Waals surface area contributed by atoms with E-state index in [1.54, 1.807) is 7.11 Å². The van der Waals surface area contributed by atoms with E-state index in [1.165, 1.54) is 0 Å². The van der Waals surface area contributed by atoms with Crippen molar-refractivity contribution in [2.45, 2.75) is 52.5 Å². The number of para-hydroxylation sites is 2. The molecule has 182 valence electrons. The number of fused-ring (bicyclic) bond motifs is 1.